The third-order valence-electron chi connectivity index (χ3n) is 4.72. The lowest BCUT2D eigenvalue weighted by atomic mass is 10.0. The molecule has 1 aliphatic heterocycles. The van der Waals surface area contributed by atoms with E-state index < -0.39 is 12.1 Å². The minimum absolute atomic E-state index is 0.107. The molecule has 0 saturated carbocycles. The van der Waals surface area contributed by atoms with Crippen LogP contribution in [0.15, 0.2) is 48.5 Å². The lowest BCUT2D eigenvalue weighted by Gasteiger charge is -2.27. The zero-order chi connectivity index (χ0) is 20.9. The predicted molar refractivity (Wildman–Crippen MR) is 106 cm³/mol. The van der Waals surface area contributed by atoms with E-state index in [0.717, 1.165) is 22.4 Å². The highest BCUT2D eigenvalue weighted by molar-refractivity contribution is 5.97. The molecule has 152 valence electrons. The average molecular weight is 402 g/mol. The first kappa shape index (κ1) is 20.6. The Bertz CT molecular complexity index is 922. The summed E-state index contributed by atoms with van der Waals surface area (Å²) in [4.78, 5) is 25.5. The number of carbonyl (C=O) groups excluding carboxylic acids is 2. The number of carbonyl (C=O) groups is 2. The van der Waals surface area contributed by atoms with E-state index in [0.29, 0.717) is 19.4 Å². The Morgan fingerprint density at radius 1 is 0.931 bits per heavy atom. The highest BCUT2D eigenvalue weighted by atomic mass is 19.4. The monoisotopic (exact) mass is 402 g/mol. The second kappa shape index (κ2) is 8.94. The van der Waals surface area contributed by atoms with E-state index in [4.69, 9.17) is 0 Å². The normalized spacial score (nSPS) is 13.1. The van der Waals surface area contributed by atoms with Gasteiger partial charge in [-0.05, 0) is 35.6 Å². The molecule has 0 unspecified atom stereocenters. The molecule has 0 spiro atoms. The molecule has 0 bridgehead atoms. The largest absolute Gasteiger partial charge is 0.471 e. The number of nitrogens with one attached hydrogen (secondary N) is 1. The molecule has 4 nitrogen and oxygen atoms in total. The molecule has 0 aromatic heterocycles. The van der Waals surface area contributed by atoms with Crippen LogP contribution in [0.4, 0.5) is 18.9 Å². The molecule has 1 aliphatic rings. The van der Waals surface area contributed by atoms with Crippen LogP contribution in [0.25, 0.3) is 12.2 Å². The zero-order valence-electron chi connectivity index (χ0n) is 15.7. The lowest BCUT2D eigenvalue weighted by molar-refractivity contribution is -0.173. The van der Waals surface area contributed by atoms with Crippen molar-refractivity contribution in [3.8, 4) is 0 Å². The number of amides is 2. The molecule has 0 aliphatic carbocycles. The van der Waals surface area contributed by atoms with Gasteiger partial charge in [0, 0.05) is 13.0 Å². The molecular weight excluding hydrogens is 381 g/mol. The molecule has 0 radical (unpaired) electrons. The molecule has 0 fully saturated rings. The Labute approximate surface area is 167 Å². The summed E-state index contributed by atoms with van der Waals surface area (Å²) in [5.41, 5.74) is 3.78. The number of hydrogen-bond donors (Lipinski definition) is 1. The molecule has 7 heteroatoms. The van der Waals surface area contributed by atoms with Gasteiger partial charge in [0.2, 0.25) is 5.91 Å². The number of halogens is 3. The van der Waals surface area contributed by atoms with Crippen molar-refractivity contribution in [1.82, 2.24) is 5.32 Å². The summed E-state index contributed by atoms with van der Waals surface area (Å²) in [5.74, 6) is -2.06. The summed E-state index contributed by atoms with van der Waals surface area (Å²) >= 11 is 0. The maximum Gasteiger partial charge on any atom is 0.471 e. The molecule has 2 amide bonds. The Morgan fingerprint density at radius 3 is 2.34 bits per heavy atom. The number of rotatable bonds is 5. The number of benzene rings is 2. The van der Waals surface area contributed by atoms with Crippen LogP contribution in [0.1, 0.15) is 36.0 Å². The third-order valence-corrected chi connectivity index (χ3v) is 4.72. The summed E-state index contributed by atoms with van der Waals surface area (Å²) in [6, 6.07) is 15.4. The fourth-order valence-corrected chi connectivity index (χ4v) is 3.21. The Balaban J connectivity index is 1.66. The van der Waals surface area contributed by atoms with Crippen LogP contribution in [-0.4, -0.2) is 24.5 Å². The van der Waals surface area contributed by atoms with Crippen molar-refractivity contribution in [2.24, 2.45) is 0 Å². The van der Waals surface area contributed by atoms with Gasteiger partial charge in [-0.3, -0.25) is 9.59 Å². The van der Waals surface area contributed by atoms with Crippen molar-refractivity contribution in [2.75, 3.05) is 11.4 Å². The molecule has 2 aromatic carbocycles. The van der Waals surface area contributed by atoms with Crippen LogP contribution in [0.3, 0.4) is 0 Å². The van der Waals surface area contributed by atoms with Crippen LogP contribution in [-0.2, 0) is 16.1 Å². The van der Waals surface area contributed by atoms with Gasteiger partial charge in [0.05, 0.1) is 12.2 Å². The minimum Gasteiger partial charge on any atom is -0.348 e. The standard InChI is InChI=1S/C22H21F3N2O2/c23-22(24,25)21(29)26-14-6-5-11-20(28)27-15-18-9-2-1-7-16(18)12-13-17-8-3-4-10-19(17)27/h1-4,7-10,12-13H,5-6,11,14-15H2,(H,26,29). The zero-order valence-corrected chi connectivity index (χ0v) is 15.7. The van der Waals surface area contributed by atoms with E-state index in [-0.39, 0.29) is 18.9 Å². The number of fused-ring (bicyclic) bond motifs is 2. The van der Waals surface area contributed by atoms with Gasteiger partial charge in [0.1, 0.15) is 0 Å². The number of anilines is 1. The number of alkyl halides is 3. The number of nitrogens with zero attached hydrogens (tertiary/aromatic N) is 1. The molecular formula is C22H21F3N2O2. The van der Waals surface area contributed by atoms with E-state index in [1.165, 1.54) is 0 Å². The number of hydrogen-bond acceptors (Lipinski definition) is 2. The summed E-state index contributed by atoms with van der Waals surface area (Å²) in [6.07, 6.45) is -0.0284. The Hall–Kier alpha value is -3.09. The van der Waals surface area contributed by atoms with Gasteiger partial charge in [-0.25, -0.2) is 0 Å². The molecule has 29 heavy (non-hydrogen) atoms. The van der Waals surface area contributed by atoms with Crippen molar-refractivity contribution < 1.29 is 22.8 Å². The quantitative estimate of drug-likeness (QED) is 0.746. The van der Waals surface area contributed by atoms with Crippen molar-refractivity contribution in [1.29, 1.82) is 0 Å². The SMILES string of the molecule is O=C(CCCCNC(=O)C(F)(F)F)N1Cc2ccccc2C=Cc2ccccc21. The van der Waals surface area contributed by atoms with E-state index in [1.807, 2.05) is 66.0 Å². The van der Waals surface area contributed by atoms with Crippen LogP contribution in [0.5, 0.6) is 0 Å². The van der Waals surface area contributed by atoms with Crippen molar-refractivity contribution >= 4 is 29.7 Å². The highest BCUT2D eigenvalue weighted by Crippen LogP contribution is 2.29. The topological polar surface area (TPSA) is 49.4 Å². The second-order valence-corrected chi connectivity index (χ2v) is 6.78. The van der Waals surface area contributed by atoms with Gasteiger partial charge < -0.3 is 10.2 Å². The maximum atomic E-state index is 12.9. The van der Waals surface area contributed by atoms with E-state index in [9.17, 15) is 22.8 Å². The van der Waals surface area contributed by atoms with E-state index in [1.54, 1.807) is 4.90 Å². The Morgan fingerprint density at radius 2 is 1.59 bits per heavy atom. The average Bonchev–Trinajstić information content (AvgIpc) is 2.68. The number of para-hydroxylation sites is 1. The molecule has 1 N–H and O–H groups in total. The van der Waals surface area contributed by atoms with Crippen LogP contribution in [0.2, 0.25) is 0 Å². The summed E-state index contributed by atoms with van der Waals surface area (Å²) in [6.45, 7) is 0.301. The van der Waals surface area contributed by atoms with E-state index >= 15 is 0 Å². The van der Waals surface area contributed by atoms with Gasteiger partial charge in [-0.15, -0.1) is 0 Å². The summed E-state index contributed by atoms with van der Waals surface area (Å²) in [7, 11) is 0. The van der Waals surface area contributed by atoms with Crippen LogP contribution < -0.4 is 10.2 Å². The molecule has 2 aromatic rings. The van der Waals surface area contributed by atoms with Crippen molar-refractivity contribution in [2.45, 2.75) is 32.0 Å². The van der Waals surface area contributed by atoms with E-state index in [2.05, 4.69) is 0 Å². The van der Waals surface area contributed by atoms with Crippen LogP contribution >= 0.6 is 0 Å². The first-order valence-electron chi connectivity index (χ1n) is 9.36. The minimum atomic E-state index is -4.88. The van der Waals surface area contributed by atoms with Crippen molar-refractivity contribution in [3.05, 3.63) is 65.2 Å². The third kappa shape index (κ3) is 5.25. The van der Waals surface area contributed by atoms with Gasteiger partial charge in [0.25, 0.3) is 0 Å². The first-order chi connectivity index (χ1) is 13.9. The Kier molecular flexibility index (Phi) is 6.36. The van der Waals surface area contributed by atoms with Gasteiger partial charge in [-0.2, -0.15) is 13.2 Å². The van der Waals surface area contributed by atoms with Gasteiger partial charge in [-0.1, -0.05) is 54.6 Å². The fraction of sp³-hybridized carbons (Fsp3) is 0.273. The van der Waals surface area contributed by atoms with Crippen LogP contribution in [0, 0.1) is 0 Å². The predicted octanol–water partition coefficient (Wildman–Crippen LogP) is 4.55. The van der Waals surface area contributed by atoms with Gasteiger partial charge >= 0.3 is 12.1 Å². The number of unbranched alkanes of at least 4 members (excludes halogenated alkanes) is 1. The lowest BCUT2D eigenvalue weighted by Crippen LogP contribution is -2.37. The molecule has 3 rings (SSSR count). The molecule has 0 saturated heterocycles. The maximum absolute atomic E-state index is 12.9. The summed E-state index contributed by atoms with van der Waals surface area (Å²) < 4.78 is 36.6. The fourth-order valence-electron chi connectivity index (χ4n) is 3.21. The van der Waals surface area contributed by atoms with Crippen molar-refractivity contribution in [3.63, 3.8) is 0 Å². The van der Waals surface area contributed by atoms with Gasteiger partial charge in [0.15, 0.2) is 0 Å². The summed E-state index contributed by atoms with van der Waals surface area (Å²) in [5, 5.41) is 1.82. The molecule has 0 atom stereocenters. The first-order valence-corrected chi connectivity index (χ1v) is 9.36. The highest BCUT2D eigenvalue weighted by Gasteiger charge is 2.38. The second-order valence-electron chi connectivity index (χ2n) is 6.78. The smallest absolute Gasteiger partial charge is 0.348 e. The molecule has 1 heterocycles.